The first-order chi connectivity index (χ1) is 19.6. The first-order valence-electron chi connectivity index (χ1n) is 13.9. The van der Waals surface area contributed by atoms with Gasteiger partial charge in [-0.05, 0) is 55.9 Å². The molecule has 0 bridgehead atoms. The highest BCUT2D eigenvalue weighted by Gasteiger charge is 2.34. The second kappa shape index (κ2) is 13.1. The van der Waals surface area contributed by atoms with Crippen LogP contribution < -0.4 is 20.7 Å². The monoisotopic (exact) mass is 559 g/mol. The van der Waals surface area contributed by atoms with E-state index < -0.39 is 0 Å². The van der Waals surface area contributed by atoms with E-state index in [-0.39, 0.29) is 36.5 Å². The summed E-state index contributed by atoms with van der Waals surface area (Å²) in [6.45, 7) is 5.58. The lowest BCUT2D eigenvalue weighted by Gasteiger charge is -2.39. The second-order valence-corrected chi connectivity index (χ2v) is 11.1. The molecule has 3 aromatic rings. The molecule has 4 N–H and O–H groups in total. The standard InChI is InChI=1S/C32H41N5O4/c1-21-17-37(22(2)20-38)32(40)25-9-8-12-28(35(3)4)30(25)41-29(21)19-36(5)18-23-13-15-24(16-14-23)31(39)34-27-11-7-6-10-26(27)33/h6-16,21-22,29,38H,17-20,33H2,1-5H3,(H,34,39)/t21-,22+,29-/m0/s1. The Hall–Kier alpha value is -4.08. The van der Waals surface area contributed by atoms with Gasteiger partial charge < -0.3 is 30.7 Å². The number of hydrogen-bond acceptors (Lipinski definition) is 7. The Morgan fingerprint density at radius 3 is 2.46 bits per heavy atom. The quantitative estimate of drug-likeness (QED) is 0.341. The molecule has 0 saturated heterocycles. The average Bonchev–Trinajstić information content (AvgIpc) is 2.95. The largest absolute Gasteiger partial charge is 0.486 e. The van der Waals surface area contributed by atoms with Gasteiger partial charge in [0.2, 0.25) is 0 Å². The molecule has 0 radical (unpaired) electrons. The fourth-order valence-electron chi connectivity index (χ4n) is 5.05. The van der Waals surface area contributed by atoms with Crippen molar-refractivity contribution in [1.29, 1.82) is 0 Å². The van der Waals surface area contributed by atoms with Crippen molar-refractivity contribution in [2.45, 2.75) is 32.5 Å². The Labute approximate surface area is 242 Å². The van der Waals surface area contributed by atoms with Crippen LogP contribution in [-0.2, 0) is 6.54 Å². The number of ether oxygens (including phenoxy) is 1. The fourth-order valence-corrected chi connectivity index (χ4v) is 5.05. The van der Waals surface area contributed by atoms with Crippen molar-refractivity contribution in [1.82, 2.24) is 9.80 Å². The number of aliphatic hydroxyl groups is 1. The van der Waals surface area contributed by atoms with E-state index in [1.165, 1.54) is 0 Å². The number of rotatable bonds is 9. The van der Waals surface area contributed by atoms with E-state index in [9.17, 15) is 14.7 Å². The molecule has 3 aromatic carbocycles. The summed E-state index contributed by atoms with van der Waals surface area (Å²) >= 11 is 0. The van der Waals surface area contributed by atoms with Crippen molar-refractivity contribution in [2.75, 3.05) is 56.8 Å². The van der Waals surface area contributed by atoms with E-state index in [1.807, 2.05) is 81.5 Å². The third kappa shape index (κ3) is 6.99. The van der Waals surface area contributed by atoms with Gasteiger partial charge >= 0.3 is 0 Å². The van der Waals surface area contributed by atoms with Gasteiger partial charge in [-0.25, -0.2) is 0 Å². The van der Waals surface area contributed by atoms with Gasteiger partial charge in [0.05, 0.1) is 35.3 Å². The molecule has 0 spiro atoms. The van der Waals surface area contributed by atoms with Gasteiger partial charge in [-0.3, -0.25) is 14.5 Å². The zero-order valence-corrected chi connectivity index (χ0v) is 24.5. The molecule has 0 aromatic heterocycles. The highest BCUT2D eigenvalue weighted by atomic mass is 16.5. The summed E-state index contributed by atoms with van der Waals surface area (Å²) in [5.41, 5.74) is 10.00. The molecule has 1 heterocycles. The highest BCUT2D eigenvalue weighted by molar-refractivity contribution is 6.05. The normalized spacial score (nSPS) is 17.7. The van der Waals surface area contributed by atoms with E-state index in [0.29, 0.717) is 47.9 Å². The molecule has 4 rings (SSSR count). The Morgan fingerprint density at radius 1 is 1.10 bits per heavy atom. The number of anilines is 3. The molecule has 1 aliphatic heterocycles. The van der Waals surface area contributed by atoms with E-state index in [1.54, 1.807) is 23.1 Å². The minimum atomic E-state index is -0.314. The maximum atomic E-state index is 13.5. The van der Waals surface area contributed by atoms with Crippen LogP contribution in [-0.4, -0.2) is 79.7 Å². The van der Waals surface area contributed by atoms with E-state index in [4.69, 9.17) is 10.5 Å². The number of carbonyl (C=O) groups is 2. The molecule has 218 valence electrons. The summed E-state index contributed by atoms with van der Waals surface area (Å²) in [6.07, 6.45) is -0.206. The van der Waals surface area contributed by atoms with Crippen molar-refractivity contribution in [2.24, 2.45) is 5.92 Å². The maximum Gasteiger partial charge on any atom is 0.258 e. The van der Waals surface area contributed by atoms with Crippen LogP contribution in [0.4, 0.5) is 17.1 Å². The molecule has 9 nitrogen and oxygen atoms in total. The van der Waals surface area contributed by atoms with Crippen LogP contribution in [0.1, 0.15) is 40.1 Å². The van der Waals surface area contributed by atoms with Crippen LogP contribution in [0.25, 0.3) is 0 Å². The number of nitrogens with zero attached hydrogens (tertiary/aromatic N) is 3. The van der Waals surface area contributed by atoms with Crippen LogP contribution >= 0.6 is 0 Å². The molecule has 9 heteroatoms. The molecule has 0 saturated carbocycles. The second-order valence-electron chi connectivity index (χ2n) is 11.1. The summed E-state index contributed by atoms with van der Waals surface area (Å²) in [5, 5.41) is 12.7. The predicted octanol–water partition coefficient (Wildman–Crippen LogP) is 3.94. The van der Waals surface area contributed by atoms with Crippen molar-refractivity contribution in [3.8, 4) is 5.75 Å². The predicted molar refractivity (Wildman–Crippen MR) is 164 cm³/mol. The van der Waals surface area contributed by atoms with Gasteiger partial charge in [-0.15, -0.1) is 0 Å². The molecule has 41 heavy (non-hydrogen) atoms. The molecular formula is C32H41N5O4. The first-order valence-corrected chi connectivity index (χ1v) is 13.9. The SMILES string of the molecule is C[C@H](CO)N1C[C@H](C)[C@H](CN(C)Cc2ccc(C(=O)Nc3ccccc3N)cc2)Oc2c(cccc2N(C)C)C1=O. The molecule has 2 amide bonds. The van der Waals surface area contributed by atoms with Crippen LogP contribution in [0.5, 0.6) is 5.75 Å². The van der Waals surface area contributed by atoms with E-state index in [2.05, 4.69) is 17.1 Å². The topological polar surface area (TPSA) is 111 Å². The number of amides is 2. The van der Waals surface area contributed by atoms with Crippen molar-refractivity contribution in [3.05, 3.63) is 83.4 Å². The molecular weight excluding hydrogens is 518 g/mol. The molecule has 0 fully saturated rings. The van der Waals surface area contributed by atoms with Gasteiger partial charge in [0.25, 0.3) is 11.8 Å². The maximum absolute atomic E-state index is 13.5. The summed E-state index contributed by atoms with van der Waals surface area (Å²) in [4.78, 5) is 32.1. The van der Waals surface area contributed by atoms with E-state index in [0.717, 1.165) is 11.3 Å². The fraction of sp³-hybridized carbons (Fsp3) is 0.375. The third-order valence-electron chi connectivity index (χ3n) is 7.52. The lowest BCUT2D eigenvalue weighted by atomic mass is 9.98. The van der Waals surface area contributed by atoms with Crippen LogP contribution in [0.15, 0.2) is 66.7 Å². The molecule has 0 unspecified atom stereocenters. The summed E-state index contributed by atoms with van der Waals surface area (Å²) in [7, 11) is 5.89. The van der Waals surface area contributed by atoms with Gasteiger partial charge in [0, 0.05) is 45.2 Å². The van der Waals surface area contributed by atoms with Crippen LogP contribution in [0.3, 0.4) is 0 Å². The summed E-state index contributed by atoms with van der Waals surface area (Å²) in [6, 6.07) is 20.0. The van der Waals surface area contributed by atoms with Crippen LogP contribution in [0.2, 0.25) is 0 Å². The molecule has 0 aliphatic carbocycles. The van der Waals surface area contributed by atoms with Crippen molar-refractivity contribution < 1.29 is 19.4 Å². The lowest BCUT2D eigenvalue weighted by Crippen LogP contribution is -2.49. The zero-order valence-electron chi connectivity index (χ0n) is 24.5. The number of carbonyl (C=O) groups excluding carboxylic acids is 2. The zero-order chi connectivity index (χ0) is 29.7. The number of aliphatic hydroxyl groups excluding tert-OH is 1. The number of hydrogen-bond donors (Lipinski definition) is 3. The van der Waals surface area contributed by atoms with Gasteiger partial charge in [-0.2, -0.15) is 0 Å². The van der Waals surface area contributed by atoms with Gasteiger partial charge in [0.1, 0.15) is 6.10 Å². The Kier molecular flexibility index (Phi) is 9.52. The van der Waals surface area contributed by atoms with E-state index >= 15 is 0 Å². The van der Waals surface area contributed by atoms with Gasteiger partial charge in [0.15, 0.2) is 5.75 Å². The van der Waals surface area contributed by atoms with Crippen molar-refractivity contribution in [3.63, 3.8) is 0 Å². The lowest BCUT2D eigenvalue weighted by molar-refractivity contribution is 0.0343. The van der Waals surface area contributed by atoms with Crippen LogP contribution in [0, 0.1) is 5.92 Å². The number of nitrogen functional groups attached to an aromatic ring is 1. The molecule has 3 atom stereocenters. The van der Waals surface area contributed by atoms with Gasteiger partial charge in [-0.1, -0.05) is 37.3 Å². The number of para-hydroxylation sites is 3. The Morgan fingerprint density at radius 2 is 1.80 bits per heavy atom. The van der Waals surface area contributed by atoms with Crippen molar-refractivity contribution >= 4 is 28.9 Å². The Balaban J connectivity index is 1.49. The number of likely N-dealkylation sites (N-methyl/N-ethyl adjacent to an activating group) is 1. The number of nitrogens with one attached hydrogen (secondary N) is 1. The molecule has 1 aliphatic rings. The number of benzene rings is 3. The average molecular weight is 560 g/mol. The smallest absolute Gasteiger partial charge is 0.258 e. The summed E-state index contributed by atoms with van der Waals surface area (Å²) in [5.74, 6) is 0.223. The number of fused-ring (bicyclic) bond motifs is 1. The Bertz CT molecular complexity index is 1360. The minimum Gasteiger partial charge on any atom is -0.486 e. The minimum absolute atomic E-state index is 0.00950. The third-order valence-corrected chi connectivity index (χ3v) is 7.52. The summed E-state index contributed by atoms with van der Waals surface area (Å²) < 4.78 is 6.64. The first kappa shape index (κ1) is 29.9. The highest BCUT2D eigenvalue weighted by Crippen LogP contribution is 2.36. The number of nitrogens with two attached hydrogens (primary N) is 1.